The number of phenols is 1. The van der Waals surface area contributed by atoms with Crippen LogP contribution in [0.1, 0.15) is 18.5 Å². The Bertz CT molecular complexity index is 352. The van der Waals surface area contributed by atoms with Gasteiger partial charge in [-0.1, -0.05) is 0 Å². The van der Waals surface area contributed by atoms with Crippen LogP contribution in [-0.2, 0) is 0 Å². The van der Waals surface area contributed by atoms with E-state index in [0.717, 1.165) is 0 Å². The lowest BCUT2D eigenvalue weighted by atomic mass is 10.1. The molecule has 0 aliphatic heterocycles. The Balaban J connectivity index is 3.22. The van der Waals surface area contributed by atoms with E-state index < -0.39 is 4.92 Å². The first-order valence-electron chi connectivity index (χ1n) is 4.21. The molecule has 0 saturated heterocycles. The van der Waals surface area contributed by atoms with Crippen molar-refractivity contribution in [2.75, 3.05) is 7.05 Å². The van der Waals surface area contributed by atoms with Crippen molar-refractivity contribution in [1.82, 2.24) is 5.32 Å². The van der Waals surface area contributed by atoms with Crippen molar-refractivity contribution < 1.29 is 10.0 Å². The number of phenolic OH excluding ortho intramolecular Hbond substituents is 1. The topological polar surface area (TPSA) is 75.4 Å². The summed E-state index contributed by atoms with van der Waals surface area (Å²) in [6.07, 6.45) is 0. The van der Waals surface area contributed by atoms with Crippen LogP contribution < -0.4 is 5.32 Å². The minimum atomic E-state index is -0.456. The second-order valence-electron chi connectivity index (χ2n) is 3.01. The van der Waals surface area contributed by atoms with Crippen molar-refractivity contribution >= 4 is 5.69 Å². The summed E-state index contributed by atoms with van der Waals surface area (Å²) in [6.45, 7) is 1.79. The van der Waals surface area contributed by atoms with E-state index in [-0.39, 0.29) is 17.5 Å². The van der Waals surface area contributed by atoms with Crippen LogP contribution in [0.15, 0.2) is 18.2 Å². The fraction of sp³-hybridized carbons (Fsp3) is 0.333. The average Bonchev–Trinajstić information content (AvgIpc) is 2.16. The molecule has 0 aliphatic carbocycles. The van der Waals surface area contributed by atoms with Gasteiger partial charge < -0.3 is 10.4 Å². The second kappa shape index (κ2) is 4.06. The second-order valence-corrected chi connectivity index (χ2v) is 3.01. The molecule has 0 fully saturated rings. The highest BCUT2D eigenvalue weighted by Gasteiger charge is 2.17. The van der Waals surface area contributed by atoms with Crippen molar-refractivity contribution in [1.29, 1.82) is 0 Å². The van der Waals surface area contributed by atoms with E-state index in [9.17, 15) is 15.2 Å². The van der Waals surface area contributed by atoms with Gasteiger partial charge in [0.15, 0.2) is 0 Å². The third-order valence-electron chi connectivity index (χ3n) is 2.11. The molecule has 0 radical (unpaired) electrons. The van der Waals surface area contributed by atoms with Gasteiger partial charge in [0.05, 0.1) is 10.5 Å². The van der Waals surface area contributed by atoms with Crippen molar-refractivity contribution in [3.8, 4) is 5.75 Å². The summed E-state index contributed by atoms with van der Waals surface area (Å²) in [7, 11) is 1.71. The zero-order valence-electron chi connectivity index (χ0n) is 8.02. The molecule has 1 aromatic carbocycles. The third kappa shape index (κ3) is 2.00. The van der Waals surface area contributed by atoms with Crippen molar-refractivity contribution in [3.05, 3.63) is 33.9 Å². The maximum atomic E-state index is 10.6. The van der Waals surface area contributed by atoms with Gasteiger partial charge in [-0.3, -0.25) is 10.1 Å². The number of nitrogens with one attached hydrogen (secondary N) is 1. The smallest absolute Gasteiger partial charge is 0.274 e. The SMILES string of the molecule is CN[C@H](C)c1cc(O)ccc1[N+](=O)[O-]. The summed E-state index contributed by atoms with van der Waals surface area (Å²) in [5.74, 6) is 0.0349. The van der Waals surface area contributed by atoms with Crippen LogP contribution in [0.2, 0.25) is 0 Å². The molecule has 0 aliphatic rings. The first kappa shape index (κ1) is 10.5. The molecule has 0 saturated carbocycles. The molecule has 1 aromatic rings. The average molecular weight is 196 g/mol. The standard InChI is InChI=1S/C9H12N2O3/c1-6(10-2)8-5-7(12)3-4-9(8)11(13)14/h3-6,10,12H,1-2H3/t6-/m1/s1. The van der Waals surface area contributed by atoms with E-state index in [0.29, 0.717) is 5.56 Å². The summed E-state index contributed by atoms with van der Waals surface area (Å²) in [5.41, 5.74) is 0.502. The summed E-state index contributed by atoms with van der Waals surface area (Å²) < 4.78 is 0. The molecule has 1 atom stereocenters. The molecule has 0 amide bonds. The Hall–Kier alpha value is -1.62. The van der Waals surface area contributed by atoms with Crippen LogP contribution in [0.3, 0.4) is 0 Å². The zero-order valence-corrected chi connectivity index (χ0v) is 8.02. The fourth-order valence-corrected chi connectivity index (χ4v) is 1.21. The Morgan fingerprint density at radius 3 is 2.71 bits per heavy atom. The number of hydrogen-bond acceptors (Lipinski definition) is 4. The molecule has 0 unspecified atom stereocenters. The molecule has 1 rings (SSSR count). The van der Waals surface area contributed by atoms with E-state index in [1.165, 1.54) is 18.2 Å². The van der Waals surface area contributed by atoms with Crippen LogP contribution >= 0.6 is 0 Å². The first-order valence-corrected chi connectivity index (χ1v) is 4.21. The minimum Gasteiger partial charge on any atom is -0.508 e. The van der Waals surface area contributed by atoms with Gasteiger partial charge in [-0.2, -0.15) is 0 Å². The predicted octanol–water partition coefficient (Wildman–Crippen LogP) is 1.58. The van der Waals surface area contributed by atoms with Crippen LogP contribution in [-0.4, -0.2) is 17.1 Å². The lowest BCUT2D eigenvalue weighted by Crippen LogP contribution is -2.13. The van der Waals surface area contributed by atoms with Gasteiger partial charge in [0.1, 0.15) is 5.75 Å². The van der Waals surface area contributed by atoms with E-state index in [1.807, 2.05) is 0 Å². The lowest BCUT2D eigenvalue weighted by Gasteiger charge is -2.10. The normalized spacial score (nSPS) is 12.4. The number of nitro groups is 1. The largest absolute Gasteiger partial charge is 0.508 e. The first-order chi connectivity index (χ1) is 6.56. The number of rotatable bonds is 3. The van der Waals surface area contributed by atoms with Crippen molar-refractivity contribution in [2.24, 2.45) is 0 Å². The maximum Gasteiger partial charge on any atom is 0.274 e. The Labute approximate surface area is 81.5 Å². The van der Waals surface area contributed by atoms with Crippen molar-refractivity contribution in [3.63, 3.8) is 0 Å². The number of nitro benzene ring substituents is 1. The highest BCUT2D eigenvalue weighted by molar-refractivity contribution is 5.46. The lowest BCUT2D eigenvalue weighted by molar-refractivity contribution is -0.385. The Kier molecular flexibility index (Phi) is 3.03. The quantitative estimate of drug-likeness (QED) is 0.568. The van der Waals surface area contributed by atoms with Gasteiger partial charge in [0.2, 0.25) is 0 Å². The fourth-order valence-electron chi connectivity index (χ4n) is 1.21. The maximum absolute atomic E-state index is 10.6. The van der Waals surface area contributed by atoms with Gasteiger partial charge in [-0.05, 0) is 26.1 Å². The number of benzene rings is 1. The number of nitrogens with zero attached hydrogens (tertiary/aromatic N) is 1. The molecule has 0 aromatic heterocycles. The van der Waals surface area contributed by atoms with Gasteiger partial charge in [0, 0.05) is 12.1 Å². The molecule has 5 nitrogen and oxygen atoms in total. The van der Waals surface area contributed by atoms with Crippen LogP contribution in [0.4, 0.5) is 5.69 Å². The summed E-state index contributed by atoms with van der Waals surface area (Å²) in [5, 5.41) is 22.8. The monoisotopic (exact) mass is 196 g/mol. The highest BCUT2D eigenvalue weighted by Crippen LogP contribution is 2.28. The van der Waals surface area contributed by atoms with Gasteiger partial charge in [-0.25, -0.2) is 0 Å². The van der Waals surface area contributed by atoms with Gasteiger partial charge in [-0.15, -0.1) is 0 Å². The Morgan fingerprint density at radius 2 is 2.21 bits per heavy atom. The third-order valence-corrected chi connectivity index (χ3v) is 2.11. The Morgan fingerprint density at radius 1 is 1.57 bits per heavy atom. The van der Waals surface area contributed by atoms with E-state index >= 15 is 0 Å². The summed E-state index contributed by atoms with van der Waals surface area (Å²) in [6, 6.07) is 3.85. The number of aromatic hydroxyl groups is 1. The van der Waals surface area contributed by atoms with Gasteiger partial charge >= 0.3 is 0 Å². The summed E-state index contributed by atoms with van der Waals surface area (Å²) >= 11 is 0. The molecule has 2 N–H and O–H groups in total. The van der Waals surface area contributed by atoms with E-state index in [2.05, 4.69) is 5.32 Å². The molecule has 0 heterocycles. The zero-order chi connectivity index (χ0) is 10.7. The molecule has 76 valence electrons. The number of hydrogen-bond donors (Lipinski definition) is 2. The van der Waals surface area contributed by atoms with E-state index in [1.54, 1.807) is 14.0 Å². The minimum absolute atomic E-state index is 0.0182. The summed E-state index contributed by atoms with van der Waals surface area (Å²) in [4.78, 5) is 10.2. The molecule has 0 bridgehead atoms. The highest BCUT2D eigenvalue weighted by atomic mass is 16.6. The molecule has 0 spiro atoms. The van der Waals surface area contributed by atoms with Gasteiger partial charge in [0.25, 0.3) is 5.69 Å². The van der Waals surface area contributed by atoms with E-state index in [4.69, 9.17) is 0 Å². The predicted molar refractivity (Wildman–Crippen MR) is 52.2 cm³/mol. The van der Waals surface area contributed by atoms with Crippen LogP contribution in [0, 0.1) is 10.1 Å². The van der Waals surface area contributed by atoms with Crippen LogP contribution in [0.5, 0.6) is 5.75 Å². The molecular formula is C9H12N2O3. The molecule has 5 heteroatoms. The van der Waals surface area contributed by atoms with Crippen LogP contribution in [0.25, 0.3) is 0 Å². The molecular weight excluding hydrogens is 184 g/mol. The molecule has 14 heavy (non-hydrogen) atoms. The van der Waals surface area contributed by atoms with Crippen molar-refractivity contribution in [2.45, 2.75) is 13.0 Å².